The van der Waals surface area contributed by atoms with Gasteiger partial charge in [0.05, 0.1) is 5.60 Å². The highest BCUT2D eigenvalue weighted by molar-refractivity contribution is 5.16. The molecule has 0 amide bonds. The third-order valence-corrected chi connectivity index (χ3v) is 4.69. The summed E-state index contributed by atoms with van der Waals surface area (Å²) in [5, 5.41) is 10.7. The van der Waals surface area contributed by atoms with E-state index >= 15 is 0 Å². The highest BCUT2D eigenvalue weighted by atomic mass is 16.3. The molecule has 76 valence electrons. The second kappa shape index (κ2) is 2.48. The first-order valence-electron chi connectivity index (χ1n) is 5.28. The predicted octanol–water partition coefficient (Wildman–Crippen LogP) is 1.49. The average molecular weight is 183 g/mol. The summed E-state index contributed by atoms with van der Waals surface area (Å²) < 4.78 is 0. The van der Waals surface area contributed by atoms with Crippen LogP contribution in [0.4, 0.5) is 0 Å². The maximum absolute atomic E-state index is 10.7. The molecule has 0 radical (unpaired) electrons. The van der Waals surface area contributed by atoms with Crippen LogP contribution >= 0.6 is 0 Å². The largest absolute Gasteiger partial charge is 0.388 e. The number of rotatable bonds is 1. The maximum atomic E-state index is 10.7. The van der Waals surface area contributed by atoms with Crippen LogP contribution in [-0.2, 0) is 0 Å². The molecule has 2 rings (SSSR count). The van der Waals surface area contributed by atoms with E-state index in [1.807, 2.05) is 0 Å². The molecule has 0 aromatic carbocycles. The van der Waals surface area contributed by atoms with Crippen LogP contribution < -0.4 is 0 Å². The van der Waals surface area contributed by atoms with E-state index in [0.717, 1.165) is 12.3 Å². The molecule has 3 unspecified atom stereocenters. The van der Waals surface area contributed by atoms with E-state index in [9.17, 15) is 5.11 Å². The molecule has 13 heavy (non-hydrogen) atoms. The van der Waals surface area contributed by atoms with Crippen molar-refractivity contribution in [3.63, 3.8) is 0 Å². The summed E-state index contributed by atoms with van der Waals surface area (Å²) >= 11 is 0. The van der Waals surface area contributed by atoms with Crippen molar-refractivity contribution in [2.75, 3.05) is 14.1 Å². The molecule has 3 atom stereocenters. The van der Waals surface area contributed by atoms with Gasteiger partial charge in [-0.05, 0) is 44.7 Å². The second-order valence-corrected chi connectivity index (χ2v) is 5.60. The first-order chi connectivity index (χ1) is 5.89. The van der Waals surface area contributed by atoms with Gasteiger partial charge in [-0.1, -0.05) is 13.8 Å². The normalized spacial score (nSPS) is 47.5. The van der Waals surface area contributed by atoms with E-state index in [2.05, 4.69) is 32.8 Å². The standard InChI is InChI=1S/C11H21NO/c1-10(2)8-5-6-11(10,13)9(7-8)12(3)4/h8-9,13H,5-7H2,1-4H3. The second-order valence-electron chi connectivity index (χ2n) is 5.60. The number of likely N-dealkylation sites (N-methyl/N-ethyl adjacent to an activating group) is 1. The Kier molecular flexibility index (Phi) is 1.81. The quantitative estimate of drug-likeness (QED) is 0.665. The van der Waals surface area contributed by atoms with Gasteiger partial charge in [-0.15, -0.1) is 0 Å². The van der Waals surface area contributed by atoms with Crippen LogP contribution in [-0.4, -0.2) is 35.7 Å². The van der Waals surface area contributed by atoms with Crippen molar-refractivity contribution in [2.45, 2.75) is 44.8 Å². The number of fused-ring (bicyclic) bond motifs is 2. The summed E-state index contributed by atoms with van der Waals surface area (Å²) in [7, 11) is 4.17. The van der Waals surface area contributed by atoms with Crippen LogP contribution in [0.25, 0.3) is 0 Å². The summed E-state index contributed by atoms with van der Waals surface area (Å²) in [6.07, 6.45) is 3.39. The Hall–Kier alpha value is -0.0800. The molecule has 2 heteroatoms. The minimum atomic E-state index is -0.429. The van der Waals surface area contributed by atoms with Gasteiger partial charge in [0.1, 0.15) is 0 Å². The van der Waals surface area contributed by atoms with E-state index in [1.165, 1.54) is 12.8 Å². The molecule has 2 aliphatic rings. The first kappa shape index (κ1) is 9.47. The van der Waals surface area contributed by atoms with E-state index in [1.54, 1.807) is 0 Å². The van der Waals surface area contributed by atoms with Crippen LogP contribution in [0.5, 0.6) is 0 Å². The van der Waals surface area contributed by atoms with Crippen molar-refractivity contribution in [2.24, 2.45) is 11.3 Å². The van der Waals surface area contributed by atoms with Crippen molar-refractivity contribution in [3.05, 3.63) is 0 Å². The molecule has 0 heterocycles. The molecule has 2 fully saturated rings. The maximum Gasteiger partial charge on any atom is 0.0855 e. The molecule has 0 saturated heterocycles. The van der Waals surface area contributed by atoms with Gasteiger partial charge in [-0.2, -0.15) is 0 Å². The molecule has 0 aromatic rings. The van der Waals surface area contributed by atoms with E-state index < -0.39 is 5.60 Å². The Balaban J connectivity index is 2.33. The minimum absolute atomic E-state index is 0.127. The molecule has 1 N–H and O–H groups in total. The molecule has 0 aromatic heterocycles. The first-order valence-corrected chi connectivity index (χ1v) is 5.28. The van der Waals surface area contributed by atoms with E-state index in [0.29, 0.717) is 6.04 Å². The monoisotopic (exact) mass is 183 g/mol. The summed E-state index contributed by atoms with van der Waals surface area (Å²) in [5.41, 5.74) is -0.302. The third-order valence-electron chi connectivity index (χ3n) is 4.69. The van der Waals surface area contributed by atoms with Crippen LogP contribution in [0.2, 0.25) is 0 Å². The zero-order valence-corrected chi connectivity index (χ0v) is 9.17. The van der Waals surface area contributed by atoms with Gasteiger partial charge < -0.3 is 10.0 Å². The number of aliphatic hydroxyl groups is 1. The third kappa shape index (κ3) is 0.962. The lowest BCUT2D eigenvalue weighted by atomic mass is 9.77. The number of hydrogen-bond donors (Lipinski definition) is 1. The zero-order chi connectivity index (χ0) is 9.85. The SMILES string of the molecule is CN(C)C1CC2CCC1(O)C2(C)C. The molecule has 0 spiro atoms. The molecule has 0 aliphatic heterocycles. The van der Waals surface area contributed by atoms with E-state index in [4.69, 9.17) is 0 Å². The fraction of sp³-hybridized carbons (Fsp3) is 1.00. The summed E-state index contributed by atoms with van der Waals surface area (Å²) in [5.74, 6) is 0.727. The molecular formula is C11H21NO. The Bertz CT molecular complexity index is 224. The molecule has 2 bridgehead atoms. The minimum Gasteiger partial charge on any atom is -0.388 e. The lowest BCUT2D eigenvalue weighted by molar-refractivity contribution is -0.0723. The van der Waals surface area contributed by atoms with Crippen LogP contribution in [0, 0.1) is 11.3 Å². The van der Waals surface area contributed by atoms with Gasteiger partial charge in [0.15, 0.2) is 0 Å². The zero-order valence-electron chi connectivity index (χ0n) is 9.17. The lowest BCUT2D eigenvalue weighted by Gasteiger charge is -2.40. The van der Waals surface area contributed by atoms with Gasteiger partial charge in [0, 0.05) is 6.04 Å². The Morgan fingerprint density at radius 2 is 1.92 bits per heavy atom. The Morgan fingerprint density at radius 1 is 1.31 bits per heavy atom. The smallest absolute Gasteiger partial charge is 0.0855 e. The number of nitrogens with zero attached hydrogens (tertiary/aromatic N) is 1. The summed E-state index contributed by atoms with van der Waals surface area (Å²) in [4.78, 5) is 2.20. The van der Waals surface area contributed by atoms with Crippen molar-refractivity contribution in [3.8, 4) is 0 Å². The summed E-state index contributed by atoms with van der Waals surface area (Å²) in [6, 6.07) is 0.376. The highest BCUT2D eigenvalue weighted by Gasteiger charge is 2.63. The number of hydrogen-bond acceptors (Lipinski definition) is 2. The molecule has 2 nitrogen and oxygen atoms in total. The predicted molar refractivity (Wildman–Crippen MR) is 53.5 cm³/mol. The fourth-order valence-electron chi connectivity index (χ4n) is 3.54. The topological polar surface area (TPSA) is 23.5 Å². The summed E-state index contributed by atoms with van der Waals surface area (Å²) in [6.45, 7) is 4.46. The Morgan fingerprint density at radius 3 is 2.15 bits per heavy atom. The Labute approximate surface area is 80.9 Å². The highest BCUT2D eigenvalue weighted by Crippen LogP contribution is 2.60. The van der Waals surface area contributed by atoms with Crippen molar-refractivity contribution in [1.82, 2.24) is 4.90 Å². The van der Waals surface area contributed by atoms with Crippen LogP contribution in [0.3, 0.4) is 0 Å². The van der Waals surface area contributed by atoms with E-state index in [-0.39, 0.29) is 5.41 Å². The van der Waals surface area contributed by atoms with Gasteiger partial charge >= 0.3 is 0 Å². The van der Waals surface area contributed by atoms with Crippen LogP contribution in [0.15, 0.2) is 0 Å². The van der Waals surface area contributed by atoms with Gasteiger partial charge in [-0.25, -0.2) is 0 Å². The van der Waals surface area contributed by atoms with Gasteiger partial charge in [-0.3, -0.25) is 0 Å². The average Bonchev–Trinajstić information content (AvgIpc) is 2.34. The van der Waals surface area contributed by atoms with Gasteiger partial charge in [0.2, 0.25) is 0 Å². The van der Waals surface area contributed by atoms with Crippen LogP contribution in [0.1, 0.15) is 33.1 Å². The lowest BCUT2D eigenvalue weighted by Crippen LogP contribution is -2.51. The fourth-order valence-corrected chi connectivity index (χ4v) is 3.54. The van der Waals surface area contributed by atoms with Crippen molar-refractivity contribution < 1.29 is 5.11 Å². The van der Waals surface area contributed by atoms with Gasteiger partial charge in [0.25, 0.3) is 0 Å². The molecule has 2 aliphatic carbocycles. The van der Waals surface area contributed by atoms with Crippen molar-refractivity contribution >= 4 is 0 Å². The van der Waals surface area contributed by atoms with Crippen molar-refractivity contribution in [1.29, 1.82) is 0 Å². The molecule has 2 saturated carbocycles. The molecular weight excluding hydrogens is 162 g/mol.